The second-order valence-corrected chi connectivity index (χ2v) is 4.99. The predicted molar refractivity (Wildman–Crippen MR) is 89.1 cm³/mol. The average Bonchev–Trinajstić information content (AvgIpc) is 2.97. The van der Waals surface area contributed by atoms with Gasteiger partial charge in [-0.15, -0.1) is 12.4 Å². The molecule has 2 aromatic rings. The van der Waals surface area contributed by atoms with Crippen LogP contribution in [0.4, 0.5) is 0 Å². The second-order valence-electron chi connectivity index (χ2n) is 4.99. The Labute approximate surface area is 137 Å². The minimum Gasteiger partial charge on any atom is -0.361 e. The zero-order valence-electron chi connectivity index (χ0n) is 12.9. The first-order valence-electron chi connectivity index (χ1n) is 7.10. The van der Waals surface area contributed by atoms with E-state index in [0.717, 1.165) is 29.9 Å². The molecule has 0 radical (unpaired) electrons. The van der Waals surface area contributed by atoms with Gasteiger partial charge in [0.25, 0.3) is 0 Å². The van der Waals surface area contributed by atoms with E-state index < -0.39 is 0 Å². The minimum absolute atomic E-state index is 0. The van der Waals surface area contributed by atoms with Crippen molar-refractivity contribution in [1.29, 1.82) is 0 Å². The quantitative estimate of drug-likeness (QED) is 0.850. The van der Waals surface area contributed by atoms with E-state index in [1.54, 1.807) is 11.9 Å². The normalized spacial score (nSPS) is 10.1. The van der Waals surface area contributed by atoms with Gasteiger partial charge in [-0.25, -0.2) is 0 Å². The molecule has 0 unspecified atom stereocenters. The number of aryl methyl sites for hydroxylation is 1. The molecule has 1 aromatic heterocycles. The molecule has 1 aromatic carbocycles. The van der Waals surface area contributed by atoms with E-state index in [4.69, 9.17) is 4.52 Å². The summed E-state index contributed by atoms with van der Waals surface area (Å²) in [6.45, 7) is 1.08. The standard InChI is InChI=1S/C16H21N3O2.ClH/c1-17-12-16(20)19(2)10-6-9-14-11-15(18-21-14)13-7-4-3-5-8-13;/h3-5,7-8,11,17H,6,9-10,12H2,1-2H3;1H. The van der Waals surface area contributed by atoms with E-state index in [0.29, 0.717) is 13.1 Å². The number of nitrogens with zero attached hydrogens (tertiary/aromatic N) is 2. The lowest BCUT2D eigenvalue weighted by Crippen LogP contribution is -2.34. The highest BCUT2D eigenvalue weighted by molar-refractivity contribution is 5.85. The topological polar surface area (TPSA) is 58.4 Å². The van der Waals surface area contributed by atoms with Crippen LogP contribution in [0.1, 0.15) is 12.2 Å². The van der Waals surface area contributed by atoms with E-state index in [-0.39, 0.29) is 18.3 Å². The molecule has 0 fully saturated rings. The lowest BCUT2D eigenvalue weighted by atomic mass is 10.1. The van der Waals surface area contributed by atoms with Gasteiger partial charge in [-0.1, -0.05) is 35.5 Å². The fraction of sp³-hybridized carbons (Fsp3) is 0.375. The van der Waals surface area contributed by atoms with Crippen LogP contribution in [-0.2, 0) is 11.2 Å². The van der Waals surface area contributed by atoms with Crippen LogP contribution >= 0.6 is 12.4 Å². The van der Waals surface area contributed by atoms with E-state index in [1.165, 1.54) is 0 Å². The van der Waals surface area contributed by atoms with Crippen molar-refractivity contribution in [3.05, 3.63) is 42.2 Å². The van der Waals surface area contributed by atoms with Crippen LogP contribution in [0.25, 0.3) is 11.3 Å². The van der Waals surface area contributed by atoms with Gasteiger partial charge in [-0.05, 0) is 13.5 Å². The van der Waals surface area contributed by atoms with Crippen LogP contribution < -0.4 is 5.32 Å². The molecule has 0 aliphatic heterocycles. The number of carbonyl (C=O) groups is 1. The summed E-state index contributed by atoms with van der Waals surface area (Å²) in [6.07, 6.45) is 1.63. The minimum atomic E-state index is 0. The van der Waals surface area contributed by atoms with Gasteiger partial charge < -0.3 is 14.7 Å². The first kappa shape index (κ1) is 18.2. The molecule has 0 spiro atoms. The number of nitrogens with one attached hydrogen (secondary N) is 1. The van der Waals surface area contributed by atoms with Crippen LogP contribution in [-0.4, -0.2) is 43.1 Å². The van der Waals surface area contributed by atoms with Crippen LogP contribution in [0, 0.1) is 0 Å². The van der Waals surface area contributed by atoms with Crippen molar-refractivity contribution in [2.45, 2.75) is 12.8 Å². The third-order valence-corrected chi connectivity index (χ3v) is 3.30. The van der Waals surface area contributed by atoms with Crippen molar-refractivity contribution in [3.8, 4) is 11.3 Å². The molecule has 22 heavy (non-hydrogen) atoms. The molecule has 0 saturated carbocycles. The predicted octanol–water partition coefficient (Wildman–Crippen LogP) is 2.37. The van der Waals surface area contributed by atoms with Gasteiger partial charge in [0.1, 0.15) is 11.5 Å². The van der Waals surface area contributed by atoms with Gasteiger partial charge in [-0.2, -0.15) is 0 Å². The zero-order chi connectivity index (χ0) is 15.1. The number of likely N-dealkylation sites (N-methyl/N-ethyl adjacent to an activating group) is 2. The van der Waals surface area contributed by atoms with Crippen LogP contribution in [0.5, 0.6) is 0 Å². The van der Waals surface area contributed by atoms with Crippen LogP contribution in [0.15, 0.2) is 40.9 Å². The van der Waals surface area contributed by atoms with Crippen molar-refractivity contribution in [2.24, 2.45) is 0 Å². The van der Waals surface area contributed by atoms with Crippen LogP contribution in [0.3, 0.4) is 0 Å². The summed E-state index contributed by atoms with van der Waals surface area (Å²) in [5, 5.41) is 6.94. The van der Waals surface area contributed by atoms with Gasteiger partial charge in [-0.3, -0.25) is 4.79 Å². The number of amides is 1. The highest BCUT2D eigenvalue weighted by Gasteiger charge is 2.09. The maximum absolute atomic E-state index is 11.6. The molecule has 0 aliphatic carbocycles. The van der Waals surface area contributed by atoms with Crippen molar-refractivity contribution in [1.82, 2.24) is 15.4 Å². The molecule has 2 rings (SSSR count). The molecule has 120 valence electrons. The number of hydrogen-bond donors (Lipinski definition) is 1. The number of hydrogen-bond acceptors (Lipinski definition) is 4. The van der Waals surface area contributed by atoms with Gasteiger partial charge in [0.15, 0.2) is 0 Å². The molecule has 0 aliphatic rings. The summed E-state index contributed by atoms with van der Waals surface area (Å²) in [5.41, 5.74) is 1.90. The third-order valence-electron chi connectivity index (χ3n) is 3.30. The summed E-state index contributed by atoms with van der Waals surface area (Å²) in [4.78, 5) is 13.3. The fourth-order valence-electron chi connectivity index (χ4n) is 2.08. The second kappa shape index (κ2) is 9.23. The molecular weight excluding hydrogens is 302 g/mol. The Bertz CT molecular complexity index is 572. The maximum atomic E-state index is 11.6. The summed E-state index contributed by atoms with van der Waals surface area (Å²) in [6, 6.07) is 11.9. The van der Waals surface area contributed by atoms with Crippen molar-refractivity contribution < 1.29 is 9.32 Å². The Balaban J connectivity index is 0.00000242. The summed E-state index contributed by atoms with van der Waals surface area (Å²) in [7, 11) is 3.58. The maximum Gasteiger partial charge on any atom is 0.236 e. The van der Waals surface area contributed by atoms with Gasteiger partial charge in [0.2, 0.25) is 5.91 Å². The van der Waals surface area contributed by atoms with E-state index in [9.17, 15) is 4.79 Å². The van der Waals surface area contributed by atoms with Crippen LogP contribution in [0.2, 0.25) is 0 Å². The average molecular weight is 324 g/mol. The Morgan fingerprint density at radius 3 is 2.73 bits per heavy atom. The molecule has 1 N–H and O–H groups in total. The lowest BCUT2D eigenvalue weighted by molar-refractivity contribution is -0.128. The Morgan fingerprint density at radius 1 is 1.32 bits per heavy atom. The van der Waals surface area contributed by atoms with Crippen molar-refractivity contribution in [3.63, 3.8) is 0 Å². The van der Waals surface area contributed by atoms with Gasteiger partial charge in [0.05, 0.1) is 6.54 Å². The third kappa shape index (κ3) is 5.16. The number of aromatic nitrogens is 1. The van der Waals surface area contributed by atoms with E-state index >= 15 is 0 Å². The van der Waals surface area contributed by atoms with Crippen molar-refractivity contribution in [2.75, 3.05) is 27.2 Å². The smallest absolute Gasteiger partial charge is 0.236 e. The molecule has 5 nitrogen and oxygen atoms in total. The molecule has 0 saturated heterocycles. The largest absolute Gasteiger partial charge is 0.361 e. The highest BCUT2D eigenvalue weighted by Crippen LogP contribution is 2.19. The fourth-order valence-corrected chi connectivity index (χ4v) is 2.08. The summed E-state index contributed by atoms with van der Waals surface area (Å²) >= 11 is 0. The first-order valence-corrected chi connectivity index (χ1v) is 7.10. The summed E-state index contributed by atoms with van der Waals surface area (Å²) < 4.78 is 5.34. The monoisotopic (exact) mass is 323 g/mol. The highest BCUT2D eigenvalue weighted by atomic mass is 35.5. The Kier molecular flexibility index (Phi) is 7.63. The SMILES string of the molecule is CNCC(=O)N(C)CCCc1cc(-c2ccccc2)no1.Cl. The number of rotatable bonds is 7. The molecular formula is C16H22ClN3O2. The zero-order valence-corrected chi connectivity index (χ0v) is 13.7. The summed E-state index contributed by atoms with van der Waals surface area (Å²) in [5.74, 6) is 0.948. The lowest BCUT2D eigenvalue weighted by Gasteiger charge is -2.16. The van der Waals surface area contributed by atoms with E-state index in [2.05, 4.69) is 10.5 Å². The van der Waals surface area contributed by atoms with Gasteiger partial charge in [0, 0.05) is 31.6 Å². The number of carbonyl (C=O) groups excluding carboxylic acids is 1. The number of halogens is 1. The molecule has 0 bridgehead atoms. The molecule has 0 atom stereocenters. The molecule has 1 amide bonds. The Morgan fingerprint density at radius 2 is 2.05 bits per heavy atom. The van der Waals surface area contributed by atoms with E-state index in [1.807, 2.05) is 43.4 Å². The van der Waals surface area contributed by atoms with Gasteiger partial charge >= 0.3 is 0 Å². The first-order chi connectivity index (χ1) is 10.2. The van der Waals surface area contributed by atoms with Crippen molar-refractivity contribution >= 4 is 18.3 Å². The number of benzene rings is 1. The Hall–Kier alpha value is -1.85. The molecule has 1 heterocycles. The molecule has 6 heteroatoms.